The number of methoxy groups -OCH3 is 1. The van der Waals surface area contributed by atoms with Crippen LogP contribution in [0.4, 0.5) is 4.79 Å². The van der Waals surface area contributed by atoms with Crippen molar-refractivity contribution < 1.29 is 14.6 Å². The monoisotopic (exact) mass is 383 g/mol. The van der Waals surface area contributed by atoms with Gasteiger partial charge in [-0.15, -0.1) is 0 Å². The van der Waals surface area contributed by atoms with Gasteiger partial charge in [0.1, 0.15) is 11.5 Å². The molecule has 0 fully saturated rings. The van der Waals surface area contributed by atoms with Gasteiger partial charge in [0.05, 0.1) is 7.11 Å². The van der Waals surface area contributed by atoms with E-state index >= 15 is 0 Å². The first-order valence-electron chi connectivity index (χ1n) is 9.55. The third-order valence-corrected chi connectivity index (χ3v) is 5.63. The molecule has 1 atom stereocenters. The summed E-state index contributed by atoms with van der Waals surface area (Å²) in [6.45, 7) is 1.07. The first kappa shape index (κ1) is 20.0. The summed E-state index contributed by atoms with van der Waals surface area (Å²) in [6.07, 6.45) is 2.35. The van der Waals surface area contributed by atoms with Crippen LogP contribution in [0, 0.1) is 0 Å². The summed E-state index contributed by atoms with van der Waals surface area (Å²) >= 11 is 0. The Bertz CT molecular complexity index is 838. The van der Waals surface area contributed by atoms with Crippen molar-refractivity contribution in [1.29, 1.82) is 0 Å². The van der Waals surface area contributed by atoms with Gasteiger partial charge < -0.3 is 25.4 Å². The van der Waals surface area contributed by atoms with E-state index in [1.807, 2.05) is 50.5 Å². The van der Waals surface area contributed by atoms with Crippen molar-refractivity contribution in [3.63, 3.8) is 0 Å². The molecule has 6 heteroatoms. The van der Waals surface area contributed by atoms with E-state index in [1.54, 1.807) is 13.2 Å². The molecule has 3 N–H and O–H groups in total. The third kappa shape index (κ3) is 4.39. The van der Waals surface area contributed by atoms with E-state index in [0.717, 1.165) is 29.7 Å². The lowest BCUT2D eigenvalue weighted by molar-refractivity contribution is 0.158. The number of nitrogens with one attached hydrogen (secondary N) is 2. The van der Waals surface area contributed by atoms with E-state index in [1.165, 1.54) is 5.56 Å². The van der Waals surface area contributed by atoms with Crippen molar-refractivity contribution in [2.45, 2.75) is 24.8 Å². The van der Waals surface area contributed by atoms with Crippen molar-refractivity contribution >= 4 is 6.03 Å². The number of carbonyl (C=O) groups excluding carboxylic acids is 1. The summed E-state index contributed by atoms with van der Waals surface area (Å²) in [5.74, 6) is 1.12. The van der Waals surface area contributed by atoms with Gasteiger partial charge in [0, 0.05) is 18.6 Å². The molecule has 1 unspecified atom stereocenters. The van der Waals surface area contributed by atoms with E-state index in [2.05, 4.69) is 15.5 Å². The van der Waals surface area contributed by atoms with Gasteiger partial charge in [-0.25, -0.2) is 4.79 Å². The number of urea groups is 1. The molecule has 2 amide bonds. The average Bonchev–Trinajstić information content (AvgIpc) is 3.06. The summed E-state index contributed by atoms with van der Waals surface area (Å²) in [5, 5.41) is 15.7. The molecule has 0 saturated heterocycles. The number of phenolic OH excluding ortho intramolecular Hbond substituents is 1. The molecule has 1 aliphatic carbocycles. The molecule has 0 saturated carbocycles. The van der Waals surface area contributed by atoms with Crippen molar-refractivity contribution in [2.75, 3.05) is 34.3 Å². The first-order chi connectivity index (χ1) is 13.4. The molecule has 0 heterocycles. The topological polar surface area (TPSA) is 73.8 Å². The summed E-state index contributed by atoms with van der Waals surface area (Å²) in [6, 6.07) is 13.2. The lowest BCUT2D eigenvalue weighted by atomic mass is 9.94. The normalized spacial score (nSPS) is 18.0. The molecule has 2 aromatic rings. The van der Waals surface area contributed by atoms with Crippen LogP contribution in [0.25, 0.3) is 0 Å². The minimum absolute atomic E-state index is 0.171. The highest BCUT2D eigenvalue weighted by Gasteiger charge is 2.39. The number of benzene rings is 2. The van der Waals surface area contributed by atoms with Gasteiger partial charge in [-0.2, -0.15) is 0 Å². The Labute approximate surface area is 166 Å². The van der Waals surface area contributed by atoms with Crippen molar-refractivity contribution in [1.82, 2.24) is 15.5 Å². The number of fused-ring (bicyclic) bond motifs is 1. The second-order valence-electron chi connectivity index (χ2n) is 7.60. The molecule has 6 nitrogen and oxygen atoms in total. The van der Waals surface area contributed by atoms with Gasteiger partial charge in [0.15, 0.2) is 0 Å². The van der Waals surface area contributed by atoms with Gasteiger partial charge in [-0.1, -0.05) is 24.3 Å². The molecule has 3 rings (SSSR count). The van der Waals surface area contributed by atoms with Crippen molar-refractivity contribution in [3.05, 3.63) is 59.2 Å². The van der Waals surface area contributed by atoms with Gasteiger partial charge in [0.25, 0.3) is 0 Å². The van der Waals surface area contributed by atoms with Crippen LogP contribution >= 0.6 is 0 Å². The van der Waals surface area contributed by atoms with E-state index in [0.29, 0.717) is 19.5 Å². The zero-order valence-electron chi connectivity index (χ0n) is 16.8. The Morgan fingerprint density at radius 3 is 2.64 bits per heavy atom. The summed E-state index contributed by atoms with van der Waals surface area (Å²) in [7, 11) is 5.72. The molecule has 0 bridgehead atoms. The van der Waals surface area contributed by atoms with E-state index in [9.17, 15) is 9.90 Å². The van der Waals surface area contributed by atoms with E-state index in [-0.39, 0.29) is 17.3 Å². The number of hydrogen-bond donors (Lipinski definition) is 3. The maximum Gasteiger partial charge on any atom is 0.314 e. The van der Waals surface area contributed by atoms with Gasteiger partial charge in [-0.3, -0.25) is 0 Å². The van der Waals surface area contributed by atoms with Gasteiger partial charge in [0.2, 0.25) is 0 Å². The quantitative estimate of drug-likeness (QED) is 0.686. The van der Waals surface area contributed by atoms with Crippen LogP contribution in [0.1, 0.15) is 16.7 Å². The minimum Gasteiger partial charge on any atom is -0.508 e. The van der Waals surface area contributed by atoms with Crippen molar-refractivity contribution in [3.8, 4) is 11.5 Å². The zero-order chi connectivity index (χ0) is 20.1. The summed E-state index contributed by atoms with van der Waals surface area (Å²) in [5.41, 5.74) is 3.26. The highest BCUT2D eigenvalue weighted by Crippen LogP contribution is 2.34. The predicted molar refractivity (Wildman–Crippen MR) is 110 cm³/mol. The zero-order valence-corrected chi connectivity index (χ0v) is 16.8. The van der Waals surface area contributed by atoms with Crippen molar-refractivity contribution in [2.24, 2.45) is 0 Å². The smallest absolute Gasteiger partial charge is 0.314 e. The number of aromatic hydroxyl groups is 1. The number of hydrogen-bond acceptors (Lipinski definition) is 4. The number of rotatable bonds is 7. The number of amides is 2. The van der Waals surface area contributed by atoms with Gasteiger partial charge in [-0.05, 0) is 68.2 Å². The maximum absolute atomic E-state index is 12.3. The lowest BCUT2D eigenvalue weighted by Crippen LogP contribution is -2.55. The Kier molecular flexibility index (Phi) is 6.09. The second-order valence-corrected chi connectivity index (χ2v) is 7.60. The van der Waals surface area contributed by atoms with Gasteiger partial charge >= 0.3 is 6.03 Å². The molecule has 0 spiro atoms. The molecule has 0 aliphatic heterocycles. The molecule has 2 aromatic carbocycles. The molecule has 28 heavy (non-hydrogen) atoms. The number of phenols is 1. The molecule has 1 aliphatic rings. The molecule has 0 radical (unpaired) electrons. The number of ether oxygens (including phenoxy) is 1. The minimum atomic E-state index is -0.184. The SMILES string of the molecule is COc1ccccc1CCNC(=O)NCC1(N(C)C)Cc2ccc(O)cc2C1. The Balaban J connectivity index is 1.53. The highest BCUT2D eigenvalue weighted by molar-refractivity contribution is 5.74. The number of para-hydroxylation sites is 1. The fourth-order valence-corrected chi connectivity index (χ4v) is 3.85. The lowest BCUT2D eigenvalue weighted by Gasteiger charge is -2.36. The van der Waals surface area contributed by atoms with Crippen LogP contribution in [-0.4, -0.2) is 55.9 Å². The van der Waals surface area contributed by atoms with Crippen LogP contribution < -0.4 is 15.4 Å². The van der Waals surface area contributed by atoms with E-state index in [4.69, 9.17) is 4.74 Å². The Morgan fingerprint density at radius 1 is 1.14 bits per heavy atom. The predicted octanol–water partition coefficient (Wildman–Crippen LogP) is 2.34. The molecule has 0 aromatic heterocycles. The largest absolute Gasteiger partial charge is 0.508 e. The number of carbonyl (C=O) groups is 1. The average molecular weight is 383 g/mol. The first-order valence-corrected chi connectivity index (χ1v) is 9.55. The molecule has 150 valence electrons. The fourth-order valence-electron chi connectivity index (χ4n) is 3.85. The standard InChI is InChI=1S/C22H29N3O3/c1-25(2)22(13-17-8-9-19(26)12-18(17)14-22)15-24-21(27)23-11-10-16-6-4-5-7-20(16)28-3/h4-9,12,26H,10-11,13-15H2,1-3H3,(H2,23,24,27). The second kappa shape index (κ2) is 8.52. The third-order valence-electron chi connectivity index (χ3n) is 5.63. The van der Waals surface area contributed by atoms with Crippen LogP contribution in [0.3, 0.4) is 0 Å². The number of nitrogens with zero attached hydrogens (tertiary/aromatic N) is 1. The number of likely N-dealkylation sites (N-methyl/N-ethyl adjacent to an activating group) is 1. The molecular weight excluding hydrogens is 354 g/mol. The molecular formula is C22H29N3O3. The highest BCUT2D eigenvalue weighted by atomic mass is 16.5. The van der Waals surface area contributed by atoms with Crippen LogP contribution in [0.15, 0.2) is 42.5 Å². The summed E-state index contributed by atoms with van der Waals surface area (Å²) in [4.78, 5) is 14.5. The van der Waals surface area contributed by atoms with E-state index < -0.39 is 0 Å². The van der Waals surface area contributed by atoms with Crippen LogP contribution in [-0.2, 0) is 19.3 Å². The maximum atomic E-state index is 12.3. The Morgan fingerprint density at radius 2 is 1.89 bits per heavy atom. The summed E-state index contributed by atoms with van der Waals surface area (Å²) < 4.78 is 5.34. The van der Waals surface area contributed by atoms with Crippen LogP contribution in [0.5, 0.6) is 11.5 Å². The van der Waals surface area contributed by atoms with Crippen LogP contribution in [0.2, 0.25) is 0 Å². The Hall–Kier alpha value is -2.73. The fraction of sp³-hybridized carbons (Fsp3) is 0.409.